The second-order valence-corrected chi connectivity index (χ2v) is 7.77. The molecule has 5 nitrogen and oxygen atoms in total. The normalized spacial score (nSPS) is 11.0. The number of aryl methyl sites for hydroxylation is 2. The molecule has 0 unspecified atom stereocenters. The van der Waals surface area contributed by atoms with Crippen molar-refractivity contribution in [1.29, 1.82) is 0 Å². The Morgan fingerprint density at radius 2 is 1.71 bits per heavy atom. The number of hydrazine groups is 1. The van der Waals surface area contributed by atoms with Crippen LogP contribution in [0, 0.1) is 19.3 Å². The average Bonchev–Trinajstić information content (AvgIpc) is 2.66. The summed E-state index contributed by atoms with van der Waals surface area (Å²) in [6.45, 7) is 8.32. The molecule has 0 spiro atoms. The molecule has 0 saturated heterocycles. The maximum absolute atomic E-state index is 12.4. The lowest BCUT2D eigenvalue weighted by Gasteiger charge is -2.23. The first-order valence-electron chi connectivity index (χ1n) is 9.61. The molecule has 0 aliphatic carbocycles. The monoisotopic (exact) mass is 382 g/mol. The van der Waals surface area contributed by atoms with Gasteiger partial charge < -0.3 is 4.74 Å². The Morgan fingerprint density at radius 3 is 2.43 bits per heavy atom. The summed E-state index contributed by atoms with van der Waals surface area (Å²) in [5.41, 5.74) is 7.59. The van der Waals surface area contributed by atoms with Gasteiger partial charge in [0.25, 0.3) is 0 Å². The van der Waals surface area contributed by atoms with E-state index in [0.717, 1.165) is 28.9 Å². The molecule has 2 rings (SSSR count). The number of carbonyl (C=O) groups is 2. The van der Waals surface area contributed by atoms with Crippen molar-refractivity contribution < 1.29 is 14.3 Å². The third kappa shape index (κ3) is 6.72. The van der Waals surface area contributed by atoms with Crippen molar-refractivity contribution >= 4 is 11.8 Å². The fourth-order valence-electron chi connectivity index (χ4n) is 2.79. The Labute approximate surface area is 167 Å². The van der Waals surface area contributed by atoms with Crippen LogP contribution in [0.4, 0.5) is 0 Å². The molecule has 0 aliphatic rings. The minimum Gasteiger partial charge on any atom is -0.493 e. The average molecular weight is 383 g/mol. The minimum absolute atomic E-state index is 0.208. The van der Waals surface area contributed by atoms with E-state index in [1.165, 1.54) is 0 Å². The molecule has 2 amide bonds. The van der Waals surface area contributed by atoms with Gasteiger partial charge in [0.05, 0.1) is 13.0 Å². The van der Waals surface area contributed by atoms with E-state index in [1.54, 1.807) is 0 Å². The van der Waals surface area contributed by atoms with Crippen molar-refractivity contribution in [3.05, 3.63) is 65.2 Å². The van der Waals surface area contributed by atoms with Gasteiger partial charge in [0.1, 0.15) is 5.75 Å². The molecule has 0 radical (unpaired) electrons. The van der Waals surface area contributed by atoms with Crippen LogP contribution in [0.5, 0.6) is 5.75 Å². The van der Waals surface area contributed by atoms with Crippen molar-refractivity contribution in [3.63, 3.8) is 0 Å². The molecule has 2 N–H and O–H groups in total. The number of ether oxygens (including phenoxy) is 1. The van der Waals surface area contributed by atoms with Gasteiger partial charge in [-0.3, -0.25) is 20.4 Å². The van der Waals surface area contributed by atoms with Gasteiger partial charge in [-0.15, -0.1) is 0 Å². The molecular formula is C23H30N2O3. The Bertz CT molecular complexity index is 801. The Morgan fingerprint density at radius 1 is 1.00 bits per heavy atom. The summed E-state index contributed by atoms with van der Waals surface area (Å²) in [7, 11) is 0. The highest BCUT2D eigenvalue weighted by atomic mass is 16.5. The van der Waals surface area contributed by atoms with Crippen LogP contribution in [0.3, 0.4) is 0 Å². The molecule has 0 heterocycles. The van der Waals surface area contributed by atoms with Crippen LogP contribution in [-0.2, 0) is 16.0 Å². The second-order valence-electron chi connectivity index (χ2n) is 7.77. The lowest BCUT2D eigenvalue weighted by atomic mass is 9.87. The van der Waals surface area contributed by atoms with Crippen LogP contribution in [0.15, 0.2) is 48.5 Å². The summed E-state index contributed by atoms with van der Waals surface area (Å²) in [5.74, 6) is 0.435. The number of nitrogens with one attached hydrogen (secondary N) is 2. The summed E-state index contributed by atoms with van der Waals surface area (Å²) >= 11 is 0. The largest absolute Gasteiger partial charge is 0.493 e. The summed E-state index contributed by atoms with van der Waals surface area (Å²) in [4.78, 5) is 24.4. The summed E-state index contributed by atoms with van der Waals surface area (Å²) < 4.78 is 5.86. The molecule has 28 heavy (non-hydrogen) atoms. The third-order valence-corrected chi connectivity index (χ3v) is 4.68. The van der Waals surface area contributed by atoms with Gasteiger partial charge in [0.2, 0.25) is 11.8 Å². The van der Waals surface area contributed by atoms with Gasteiger partial charge >= 0.3 is 0 Å². The number of amides is 2. The second kappa shape index (κ2) is 9.93. The SMILES string of the molecule is Cc1ccc(C)c(OCCCC(C)(C)C(=O)NNC(=O)Cc2ccccc2)c1. The van der Waals surface area contributed by atoms with Crippen LogP contribution in [0.25, 0.3) is 0 Å². The number of hydrogen-bond donors (Lipinski definition) is 2. The fraction of sp³-hybridized carbons (Fsp3) is 0.391. The van der Waals surface area contributed by atoms with Crippen LogP contribution >= 0.6 is 0 Å². The first-order valence-corrected chi connectivity index (χ1v) is 9.61. The molecule has 0 aromatic heterocycles. The Kier molecular flexibility index (Phi) is 7.61. The van der Waals surface area contributed by atoms with E-state index in [2.05, 4.69) is 16.9 Å². The van der Waals surface area contributed by atoms with Crippen LogP contribution in [-0.4, -0.2) is 18.4 Å². The van der Waals surface area contributed by atoms with E-state index in [1.807, 2.05) is 70.2 Å². The fourth-order valence-corrected chi connectivity index (χ4v) is 2.79. The van der Waals surface area contributed by atoms with Crippen molar-refractivity contribution in [3.8, 4) is 5.75 Å². The van der Waals surface area contributed by atoms with E-state index in [0.29, 0.717) is 13.0 Å². The van der Waals surface area contributed by atoms with Gasteiger partial charge in [-0.05, 0) is 49.4 Å². The van der Waals surface area contributed by atoms with Crippen molar-refractivity contribution in [1.82, 2.24) is 10.9 Å². The van der Waals surface area contributed by atoms with Gasteiger partial charge in [-0.1, -0.05) is 56.3 Å². The molecule has 0 aliphatic heterocycles. The van der Waals surface area contributed by atoms with E-state index >= 15 is 0 Å². The molecule has 5 heteroatoms. The highest BCUT2D eigenvalue weighted by molar-refractivity contribution is 5.86. The zero-order chi connectivity index (χ0) is 20.6. The first kappa shape index (κ1) is 21.5. The highest BCUT2D eigenvalue weighted by Crippen LogP contribution is 2.24. The summed E-state index contributed by atoms with van der Waals surface area (Å²) in [6.07, 6.45) is 1.62. The molecule has 0 saturated carbocycles. The number of hydrogen-bond acceptors (Lipinski definition) is 3. The lowest BCUT2D eigenvalue weighted by molar-refractivity contribution is -0.134. The zero-order valence-corrected chi connectivity index (χ0v) is 17.2. The topological polar surface area (TPSA) is 67.4 Å². The Balaban J connectivity index is 1.72. The molecule has 2 aromatic carbocycles. The summed E-state index contributed by atoms with van der Waals surface area (Å²) in [6, 6.07) is 15.5. The smallest absolute Gasteiger partial charge is 0.244 e. The predicted molar refractivity (Wildman–Crippen MR) is 111 cm³/mol. The van der Waals surface area contributed by atoms with Gasteiger partial charge in [-0.25, -0.2) is 0 Å². The van der Waals surface area contributed by atoms with Crippen molar-refractivity contribution in [2.75, 3.05) is 6.61 Å². The molecular weight excluding hydrogens is 352 g/mol. The van der Waals surface area contributed by atoms with Crippen LogP contribution < -0.4 is 15.6 Å². The molecule has 2 aromatic rings. The van der Waals surface area contributed by atoms with Crippen molar-refractivity contribution in [2.24, 2.45) is 5.41 Å². The Hall–Kier alpha value is -2.82. The first-order chi connectivity index (χ1) is 13.3. The molecule has 0 bridgehead atoms. The highest BCUT2D eigenvalue weighted by Gasteiger charge is 2.27. The van der Waals surface area contributed by atoms with E-state index in [-0.39, 0.29) is 18.2 Å². The molecule has 0 atom stereocenters. The van der Waals surface area contributed by atoms with Gasteiger partial charge in [0.15, 0.2) is 0 Å². The van der Waals surface area contributed by atoms with E-state index in [4.69, 9.17) is 4.74 Å². The molecule has 150 valence electrons. The van der Waals surface area contributed by atoms with Crippen LogP contribution in [0.2, 0.25) is 0 Å². The van der Waals surface area contributed by atoms with Crippen LogP contribution in [0.1, 0.15) is 43.4 Å². The quantitative estimate of drug-likeness (QED) is 0.538. The molecule has 0 fully saturated rings. The minimum atomic E-state index is -0.606. The van der Waals surface area contributed by atoms with E-state index in [9.17, 15) is 9.59 Å². The summed E-state index contributed by atoms with van der Waals surface area (Å²) in [5, 5.41) is 0. The number of rotatable bonds is 8. The maximum Gasteiger partial charge on any atom is 0.244 e. The zero-order valence-electron chi connectivity index (χ0n) is 17.2. The third-order valence-electron chi connectivity index (χ3n) is 4.68. The predicted octanol–water partition coefficient (Wildman–Crippen LogP) is 3.88. The number of benzene rings is 2. The van der Waals surface area contributed by atoms with Crippen molar-refractivity contribution in [2.45, 2.75) is 47.0 Å². The maximum atomic E-state index is 12.4. The van der Waals surface area contributed by atoms with E-state index < -0.39 is 5.41 Å². The lowest BCUT2D eigenvalue weighted by Crippen LogP contribution is -2.48. The van der Waals surface area contributed by atoms with Gasteiger partial charge in [-0.2, -0.15) is 0 Å². The van der Waals surface area contributed by atoms with Gasteiger partial charge in [0, 0.05) is 5.41 Å². The number of carbonyl (C=O) groups excluding carboxylic acids is 2. The standard InChI is InChI=1S/C23H30N2O3/c1-17-11-12-18(2)20(15-17)28-14-8-13-23(3,4)22(27)25-24-21(26)16-19-9-6-5-7-10-19/h5-7,9-12,15H,8,13-14,16H2,1-4H3,(H,24,26)(H,25,27).